The highest BCUT2D eigenvalue weighted by Crippen LogP contribution is 2.25. The molecule has 1 aromatic carbocycles. The van der Waals surface area contributed by atoms with Gasteiger partial charge in [-0.1, -0.05) is 11.6 Å². The van der Waals surface area contributed by atoms with E-state index in [1.54, 1.807) is 4.90 Å². The average Bonchev–Trinajstić information content (AvgIpc) is 2.53. The van der Waals surface area contributed by atoms with Crippen LogP contribution in [0.1, 0.15) is 0 Å². The maximum atomic E-state index is 13.8. The largest absolute Gasteiger partial charge is 0.366 e. The van der Waals surface area contributed by atoms with E-state index in [-0.39, 0.29) is 10.7 Å². The lowest BCUT2D eigenvalue weighted by Gasteiger charge is -2.37. The fraction of sp³-hybridized carbons (Fsp3) is 0.286. The Morgan fingerprint density at radius 2 is 1.73 bits per heavy atom. The fourth-order valence-corrected chi connectivity index (χ4v) is 2.72. The summed E-state index contributed by atoms with van der Waals surface area (Å²) in [5, 5.41) is 6.08. The Bertz CT molecular complexity index is 744. The molecule has 0 saturated carbocycles. The Morgan fingerprint density at radius 1 is 1.09 bits per heavy atom. The van der Waals surface area contributed by atoms with E-state index in [0.717, 1.165) is 12.1 Å². The van der Waals surface area contributed by atoms with Crippen molar-refractivity contribution in [1.29, 1.82) is 0 Å². The molecule has 0 amide bonds. The molecule has 2 heterocycles. The summed E-state index contributed by atoms with van der Waals surface area (Å²) < 4.78 is 27.1. The van der Waals surface area contributed by atoms with Crippen LogP contribution in [0.2, 0.25) is 5.02 Å². The van der Waals surface area contributed by atoms with Gasteiger partial charge in [0.1, 0.15) is 16.7 Å². The molecular weight excluding hydrogens is 314 g/mol. The van der Waals surface area contributed by atoms with Crippen molar-refractivity contribution < 1.29 is 8.78 Å². The number of hydrogen-bond donors (Lipinski definition) is 1. The number of rotatable bonds is 2. The van der Waals surface area contributed by atoms with Gasteiger partial charge in [0.2, 0.25) is 0 Å². The van der Waals surface area contributed by atoms with Crippen LogP contribution in [0, 0.1) is 11.6 Å². The molecule has 1 saturated heterocycles. The molecule has 0 atom stereocenters. The van der Waals surface area contributed by atoms with Crippen molar-refractivity contribution in [3.8, 4) is 0 Å². The number of anilines is 2. The number of aromatic amines is 1. The lowest BCUT2D eigenvalue weighted by Crippen LogP contribution is -2.47. The van der Waals surface area contributed by atoms with Gasteiger partial charge in [0.25, 0.3) is 5.56 Å². The SMILES string of the molecule is O=c1[nH]ncc(N2CCN(c3cc(F)ccc3F)CC2)c1Cl. The van der Waals surface area contributed by atoms with Gasteiger partial charge in [-0.15, -0.1) is 0 Å². The minimum Gasteiger partial charge on any atom is -0.366 e. The van der Waals surface area contributed by atoms with Crippen LogP contribution in [0.15, 0.2) is 29.2 Å². The number of piperazine rings is 1. The van der Waals surface area contributed by atoms with Crippen molar-refractivity contribution in [2.75, 3.05) is 36.0 Å². The van der Waals surface area contributed by atoms with Gasteiger partial charge in [-0.25, -0.2) is 13.9 Å². The van der Waals surface area contributed by atoms with Crippen LogP contribution >= 0.6 is 11.6 Å². The van der Waals surface area contributed by atoms with Gasteiger partial charge in [-0.2, -0.15) is 5.10 Å². The second-order valence-electron chi connectivity index (χ2n) is 4.97. The Morgan fingerprint density at radius 3 is 2.41 bits per heavy atom. The van der Waals surface area contributed by atoms with Crippen LogP contribution in [-0.4, -0.2) is 36.4 Å². The first-order valence-electron chi connectivity index (χ1n) is 6.74. The van der Waals surface area contributed by atoms with Crippen molar-refractivity contribution in [3.05, 3.63) is 51.4 Å². The van der Waals surface area contributed by atoms with E-state index in [1.807, 2.05) is 4.90 Å². The van der Waals surface area contributed by atoms with Gasteiger partial charge in [0, 0.05) is 32.2 Å². The Kier molecular flexibility index (Phi) is 3.98. The molecular formula is C14H13ClF2N4O. The minimum absolute atomic E-state index is 0.0837. The van der Waals surface area contributed by atoms with E-state index >= 15 is 0 Å². The molecule has 0 unspecified atom stereocenters. The van der Waals surface area contributed by atoms with E-state index < -0.39 is 17.2 Å². The molecule has 5 nitrogen and oxygen atoms in total. The predicted octanol–water partition coefficient (Wildman–Crippen LogP) is 2.03. The van der Waals surface area contributed by atoms with E-state index in [9.17, 15) is 13.6 Å². The van der Waals surface area contributed by atoms with Gasteiger partial charge >= 0.3 is 0 Å². The molecule has 1 aliphatic heterocycles. The number of halogens is 3. The zero-order valence-corrected chi connectivity index (χ0v) is 12.3. The normalized spacial score (nSPS) is 15.2. The number of H-pyrrole nitrogens is 1. The predicted molar refractivity (Wildman–Crippen MR) is 80.7 cm³/mol. The molecule has 0 radical (unpaired) electrons. The maximum Gasteiger partial charge on any atom is 0.285 e. The second-order valence-corrected chi connectivity index (χ2v) is 5.35. The molecule has 0 aliphatic carbocycles. The summed E-state index contributed by atoms with van der Waals surface area (Å²) in [5.41, 5.74) is 0.345. The standard InChI is InChI=1S/C14H13ClF2N4O/c15-13-12(8-18-19-14(13)22)21-5-3-20(4-6-21)11-7-9(16)1-2-10(11)17/h1-2,7-8H,3-6H2,(H,19,22). The van der Waals surface area contributed by atoms with Crippen LogP contribution < -0.4 is 15.4 Å². The van der Waals surface area contributed by atoms with Gasteiger partial charge in [-0.3, -0.25) is 4.79 Å². The third kappa shape index (κ3) is 2.76. The molecule has 116 valence electrons. The molecule has 0 bridgehead atoms. The number of hydrogen-bond acceptors (Lipinski definition) is 4. The Balaban J connectivity index is 1.76. The van der Waals surface area contributed by atoms with Crippen molar-refractivity contribution in [3.63, 3.8) is 0 Å². The lowest BCUT2D eigenvalue weighted by molar-refractivity contribution is 0.580. The van der Waals surface area contributed by atoms with E-state index in [4.69, 9.17) is 11.6 Å². The number of nitrogens with zero attached hydrogens (tertiary/aromatic N) is 3. The summed E-state index contributed by atoms with van der Waals surface area (Å²) in [6.07, 6.45) is 1.49. The zero-order chi connectivity index (χ0) is 15.7. The van der Waals surface area contributed by atoms with E-state index in [2.05, 4.69) is 10.2 Å². The first-order valence-corrected chi connectivity index (χ1v) is 7.12. The molecule has 0 spiro atoms. The zero-order valence-electron chi connectivity index (χ0n) is 11.5. The van der Waals surface area contributed by atoms with Crippen LogP contribution in [-0.2, 0) is 0 Å². The molecule has 22 heavy (non-hydrogen) atoms. The highest BCUT2D eigenvalue weighted by Gasteiger charge is 2.22. The van der Waals surface area contributed by atoms with Crippen LogP contribution in [0.5, 0.6) is 0 Å². The van der Waals surface area contributed by atoms with Gasteiger partial charge in [0.15, 0.2) is 0 Å². The summed E-state index contributed by atoms with van der Waals surface area (Å²) in [7, 11) is 0. The lowest BCUT2D eigenvalue weighted by atomic mass is 10.2. The summed E-state index contributed by atoms with van der Waals surface area (Å²) in [6.45, 7) is 2.04. The molecule has 1 fully saturated rings. The molecule has 3 rings (SSSR count). The highest BCUT2D eigenvalue weighted by atomic mass is 35.5. The Hall–Kier alpha value is -2.15. The summed E-state index contributed by atoms with van der Waals surface area (Å²) >= 11 is 5.98. The van der Waals surface area contributed by atoms with Crippen molar-refractivity contribution in [1.82, 2.24) is 10.2 Å². The Labute approximate surface area is 130 Å². The number of nitrogens with one attached hydrogen (secondary N) is 1. The minimum atomic E-state index is -0.472. The van der Waals surface area contributed by atoms with Gasteiger partial charge < -0.3 is 9.80 Å². The fourth-order valence-electron chi connectivity index (χ4n) is 2.51. The third-order valence-corrected chi connectivity index (χ3v) is 4.01. The quantitative estimate of drug-likeness (QED) is 0.917. The van der Waals surface area contributed by atoms with Gasteiger partial charge in [-0.05, 0) is 12.1 Å². The number of benzene rings is 1. The monoisotopic (exact) mass is 326 g/mol. The van der Waals surface area contributed by atoms with Crippen LogP contribution in [0.4, 0.5) is 20.2 Å². The van der Waals surface area contributed by atoms with Crippen molar-refractivity contribution >= 4 is 23.0 Å². The highest BCUT2D eigenvalue weighted by molar-refractivity contribution is 6.33. The van der Waals surface area contributed by atoms with Crippen molar-refractivity contribution in [2.24, 2.45) is 0 Å². The topological polar surface area (TPSA) is 52.2 Å². The molecule has 1 N–H and O–H groups in total. The smallest absolute Gasteiger partial charge is 0.285 e. The summed E-state index contributed by atoms with van der Waals surface area (Å²) in [4.78, 5) is 15.1. The van der Waals surface area contributed by atoms with Crippen LogP contribution in [0.25, 0.3) is 0 Å². The molecule has 2 aromatic rings. The molecule has 1 aromatic heterocycles. The van der Waals surface area contributed by atoms with Gasteiger partial charge in [0.05, 0.1) is 17.6 Å². The first kappa shape index (κ1) is 14.8. The van der Waals surface area contributed by atoms with E-state index in [0.29, 0.717) is 31.9 Å². The molecule has 8 heteroatoms. The second kappa shape index (κ2) is 5.92. The summed E-state index contributed by atoms with van der Waals surface area (Å²) in [6, 6.07) is 3.40. The molecule has 1 aliphatic rings. The number of aromatic nitrogens is 2. The first-order chi connectivity index (χ1) is 10.6. The average molecular weight is 327 g/mol. The van der Waals surface area contributed by atoms with E-state index in [1.165, 1.54) is 12.3 Å². The maximum absolute atomic E-state index is 13.8. The summed E-state index contributed by atoms with van der Waals surface area (Å²) in [5.74, 6) is -0.925. The van der Waals surface area contributed by atoms with Crippen LogP contribution in [0.3, 0.4) is 0 Å². The van der Waals surface area contributed by atoms with Crippen molar-refractivity contribution in [2.45, 2.75) is 0 Å². The third-order valence-electron chi connectivity index (χ3n) is 3.65.